The molecule has 2 aromatic rings. The van der Waals surface area contributed by atoms with E-state index in [4.69, 9.17) is 25.3 Å². The molecule has 186 valence electrons. The van der Waals surface area contributed by atoms with E-state index in [1.54, 1.807) is 48.5 Å². The zero-order chi connectivity index (χ0) is 25.1. The molecule has 0 bridgehead atoms. The van der Waals surface area contributed by atoms with Gasteiger partial charge in [-0.15, -0.1) is 0 Å². The quantitative estimate of drug-likeness (QED) is 0.379. The molecule has 7 nitrogen and oxygen atoms in total. The van der Waals surface area contributed by atoms with Gasteiger partial charge in [0.15, 0.2) is 8.32 Å². The maximum absolute atomic E-state index is 14.0. The fourth-order valence-electron chi connectivity index (χ4n) is 3.40. The van der Waals surface area contributed by atoms with E-state index in [0.717, 1.165) is 0 Å². The summed E-state index contributed by atoms with van der Waals surface area (Å²) in [7, 11) is -5.77. The van der Waals surface area contributed by atoms with Gasteiger partial charge in [0, 0.05) is 18.1 Å². The molecular formula is C24H32ClNO6PSi-. The number of carbonyl (C=O) groups is 1. The summed E-state index contributed by atoms with van der Waals surface area (Å²) in [5, 5.41) is 12.5. The average Bonchev–Trinajstić information content (AvgIpc) is 2.88. The SMILES string of the molecule is CC(C)(C)[Si](C)(C)OC1CCOP(=O)(c2ccc(Oc3ccc(Cl)cc3)cc2)N(CC(=O)[O-])C1. The van der Waals surface area contributed by atoms with Gasteiger partial charge in [-0.1, -0.05) is 32.4 Å². The molecule has 0 spiro atoms. The zero-order valence-corrected chi connectivity index (χ0v) is 22.9. The van der Waals surface area contributed by atoms with Gasteiger partial charge in [-0.3, -0.25) is 4.57 Å². The number of carbonyl (C=O) groups excluding carboxylic acids is 1. The molecule has 0 radical (unpaired) electrons. The largest absolute Gasteiger partial charge is 0.549 e. The molecule has 1 fully saturated rings. The minimum absolute atomic E-state index is 0.0110. The maximum atomic E-state index is 14.0. The first-order chi connectivity index (χ1) is 15.8. The van der Waals surface area contributed by atoms with Crippen LogP contribution in [-0.4, -0.2) is 44.8 Å². The highest BCUT2D eigenvalue weighted by Crippen LogP contribution is 2.52. The summed E-state index contributed by atoms with van der Waals surface area (Å²) >= 11 is 5.91. The van der Waals surface area contributed by atoms with Crippen LogP contribution in [0.5, 0.6) is 11.5 Å². The number of halogens is 1. The molecule has 1 aliphatic rings. The van der Waals surface area contributed by atoms with E-state index >= 15 is 0 Å². The number of hydrogen-bond donors (Lipinski definition) is 0. The second kappa shape index (κ2) is 10.5. The van der Waals surface area contributed by atoms with Crippen molar-refractivity contribution >= 4 is 38.7 Å². The van der Waals surface area contributed by atoms with Crippen molar-refractivity contribution in [3.63, 3.8) is 0 Å². The summed E-state index contributed by atoms with van der Waals surface area (Å²) in [5.41, 5.74) is 0. The van der Waals surface area contributed by atoms with E-state index in [1.165, 1.54) is 4.67 Å². The first-order valence-corrected chi connectivity index (χ1v) is 16.1. The summed E-state index contributed by atoms with van der Waals surface area (Å²) in [5.74, 6) is -0.170. The Morgan fingerprint density at radius 1 is 1.15 bits per heavy atom. The Bertz CT molecular complexity index is 1040. The normalized spacial score (nSPS) is 22.2. The number of hydrogen-bond acceptors (Lipinski definition) is 6. The summed E-state index contributed by atoms with van der Waals surface area (Å²) in [6.45, 7) is 10.6. The third-order valence-corrected chi connectivity index (χ3v) is 13.6. The first kappa shape index (κ1) is 26.9. The molecule has 0 aromatic heterocycles. The highest BCUT2D eigenvalue weighted by molar-refractivity contribution is 7.64. The molecule has 10 heteroatoms. The van der Waals surface area contributed by atoms with Gasteiger partial charge < -0.3 is 23.6 Å². The fraction of sp³-hybridized carbons (Fsp3) is 0.458. The highest BCUT2D eigenvalue weighted by Gasteiger charge is 2.43. The number of ether oxygens (including phenoxy) is 1. The van der Waals surface area contributed by atoms with Crippen LogP contribution in [0.25, 0.3) is 0 Å². The molecule has 1 aliphatic heterocycles. The van der Waals surface area contributed by atoms with Gasteiger partial charge in [-0.05, 0) is 73.1 Å². The van der Waals surface area contributed by atoms with Crippen LogP contribution in [0.3, 0.4) is 0 Å². The summed E-state index contributed by atoms with van der Waals surface area (Å²) < 4.78 is 33.6. The van der Waals surface area contributed by atoms with Crippen LogP contribution in [0.2, 0.25) is 23.2 Å². The van der Waals surface area contributed by atoms with Crippen LogP contribution in [0.1, 0.15) is 27.2 Å². The third-order valence-electron chi connectivity index (χ3n) is 6.28. The van der Waals surface area contributed by atoms with Crippen LogP contribution < -0.4 is 15.1 Å². The van der Waals surface area contributed by atoms with E-state index in [2.05, 4.69) is 33.9 Å². The zero-order valence-electron chi connectivity index (χ0n) is 20.2. The minimum Gasteiger partial charge on any atom is -0.549 e. The predicted octanol–water partition coefficient (Wildman–Crippen LogP) is 4.81. The Kier molecular flexibility index (Phi) is 8.33. The standard InChI is InChI=1S/C24H33ClNO6PSi/c1-24(2,3)34(4,5)32-21-14-15-30-33(29,26(16-21)17-23(27)28)22-12-10-20(11-13-22)31-19-8-6-18(25)7-9-19/h6-13,21H,14-17H2,1-5H3,(H,27,28)/p-1. The molecule has 0 aliphatic carbocycles. The van der Waals surface area contributed by atoms with Crippen molar-refractivity contribution in [1.29, 1.82) is 0 Å². The molecule has 2 unspecified atom stereocenters. The van der Waals surface area contributed by atoms with E-state index in [0.29, 0.717) is 28.2 Å². The lowest BCUT2D eigenvalue weighted by molar-refractivity contribution is -0.305. The molecule has 0 amide bonds. The van der Waals surface area contributed by atoms with Crippen molar-refractivity contribution in [2.45, 2.75) is 51.4 Å². The lowest BCUT2D eigenvalue weighted by Crippen LogP contribution is -2.47. The summed E-state index contributed by atoms with van der Waals surface area (Å²) in [4.78, 5) is 11.5. The third kappa shape index (κ3) is 6.50. The van der Waals surface area contributed by atoms with Crippen LogP contribution in [0, 0.1) is 0 Å². The molecule has 1 heterocycles. The average molecular weight is 525 g/mol. The van der Waals surface area contributed by atoms with Crippen molar-refractivity contribution in [1.82, 2.24) is 4.67 Å². The van der Waals surface area contributed by atoms with Crippen molar-refractivity contribution in [3.05, 3.63) is 53.6 Å². The second-order valence-corrected chi connectivity index (χ2v) is 17.5. The molecule has 3 rings (SSSR count). The topological polar surface area (TPSA) is 88.1 Å². The van der Waals surface area contributed by atoms with E-state index in [1.807, 2.05) is 0 Å². The number of aliphatic carboxylic acids is 1. The Morgan fingerprint density at radius 2 is 1.71 bits per heavy atom. The Morgan fingerprint density at radius 3 is 2.24 bits per heavy atom. The molecule has 2 atom stereocenters. The number of benzene rings is 2. The van der Waals surface area contributed by atoms with Gasteiger partial charge in [0.1, 0.15) is 11.5 Å². The second-order valence-electron chi connectivity index (χ2n) is 9.91. The van der Waals surface area contributed by atoms with Gasteiger partial charge in [-0.25, -0.2) is 4.67 Å². The van der Waals surface area contributed by atoms with Gasteiger partial charge >= 0.3 is 7.52 Å². The van der Waals surface area contributed by atoms with Crippen molar-refractivity contribution in [2.24, 2.45) is 0 Å². The molecular weight excluding hydrogens is 493 g/mol. The van der Waals surface area contributed by atoms with Crippen molar-refractivity contribution in [2.75, 3.05) is 19.7 Å². The molecule has 0 N–H and O–H groups in total. The monoisotopic (exact) mass is 524 g/mol. The number of rotatable bonds is 7. The van der Waals surface area contributed by atoms with Gasteiger partial charge in [-0.2, -0.15) is 0 Å². The molecule has 2 aromatic carbocycles. The fourth-order valence-corrected chi connectivity index (χ4v) is 7.12. The smallest absolute Gasteiger partial charge is 0.302 e. The van der Waals surface area contributed by atoms with E-state index < -0.39 is 28.4 Å². The van der Waals surface area contributed by atoms with Crippen molar-refractivity contribution in [3.8, 4) is 11.5 Å². The summed E-state index contributed by atoms with van der Waals surface area (Å²) in [6, 6.07) is 13.6. The molecule has 34 heavy (non-hydrogen) atoms. The van der Waals surface area contributed by atoms with E-state index in [9.17, 15) is 14.5 Å². The van der Waals surface area contributed by atoms with Gasteiger partial charge in [0.05, 0.1) is 24.0 Å². The number of carboxylic acids is 1. The number of nitrogens with zero attached hydrogens (tertiary/aromatic N) is 1. The summed E-state index contributed by atoms with van der Waals surface area (Å²) in [6.07, 6.45) is 0.237. The van der Waals surface area contributed by atoms with Crippen LogP contribution in [0.15, 0.2) is 48.5 Å². The van der Waals surface area contributed by atoms with Crippen LogP contribution >= 0.6 is 19.1 Å². The lowest BCUT2D eigenvalue weighted by Gasteiger charge is -2.40. The lowest BCUT2D eigenvalue weighted by atomic mass is 10.2. The Hall–Kier alpha value is -1.67. The Balaban J connectivity index is 1.83. The van der Waals surface area contributed by atoms with Gasteiger partial charge in [0.25, 0.3) is 0 Å². The maximum Gasteiger partial charge on any atom is 0.302 e. The van der Waals surface area contributed by atoms with Crippen LogP contribution in [0.4, 0.5) is 0 Å². The molecule has 1 saturated heterocycles. The van der Waals surface area contributed by atoms with Crippen LogP contribution in [-0.2, 0) is 18.3 Å². The van der Waals surface area contributed by atoms with Gasteiger partial charge in [0.2, 0.25) is 0 Å². The highest BCUT2D eigenvalue weighted by atomic mass is 35.5. The number of carboxylic acid groups (broad SMARTS) is 1. The first-order valence-electron chi connectivity index (χ1n) is 11.2. The van der Waals surface area contributed by atoms with E-state index in [-0.39, 0.29) is 24.3 Å². The Labute approximate surface area is 207 Å². The van der Waals surface area contributed by atoms with Crippen molar-refractivity contribution < 1.29 is 28.2 Å². The molecule has 0 saturated carbocycles. The minimum atomic E-state index is -3.65. The predicted molar refractivity (Wildman–Crippen MR) is 134 cm³/mol.